The number of carbonyl (C=O) groups is 1. The number of anilines is 1. The molecule has 1 aromatic carbocycles. The van der Waals surface area contributed by atoms with Gasteiger partial charge in [0.1, 0.15) is 12.4 Å². The molecule has 0 radical (unpaired) electrons. The first-order valence-electron chi connectivity index (χ1n) is 8.44. The van der Waals surface area contributed by atoms with Crippen LogP contribution in [0.2, 0.25) is 0 Å². The number of hydrogen-bond acceptors (Lipinski definition) is 4. The molecular weight excluding hydrogens is 463 g/mol. The maximum absolute atomic E-state index is 11.1. The third kappa shape index (κ3) is 10.7. The van der Waals surface area contributed by atoms with Gasteiger partial charge in [0.05, 0.1) is 13.1 Å². The molecule has 0 atom stereocenters. The van der Waals surface area contributed by atoms with E-state index >= 15 is 0 Å². The predicted molar refractivity (Wildman–Crippen MR) is 123 cm³/mol. The average Bonchev–Trinajstić information content (AvgIpc) is 2.56. The maximum Gasteiger partial charge on any atom is 0.221 e. The number of halogens is 1. The summed E-state index contributed by atoms with van der Waals surface area (Å²) >= 11 is 1.80. The van der Waals surface area contributed by atoms with Gasteiger partial charge in [0.15, 0.2) is 5.96 Å². The first-order chi connectivity index (χ1) is 11.9. The number of hydrogen-bond donors (Lipinski definition) is 3. The molecule has 0 spiro atoms. The van der Waals surface area contributed by atoms with E-state index < -0.39 is 0 Å². The monoisotopic (exact) mass is 494 g/mol. The molecule has 26 heavy (non-hydrogen) atoms. The van der Waals surface area contributed by atoms with Crippen molar-refractivity contribution in [1.29, 1.82) is 0 Å². The lowest BCUT2D eigenvalue weighted by Gasteiger charge is -2.20. The van der Waals surface area contributed by atoms with E-state index in [2.05, 4.69) is 41.0 Å². The van der Waals surface area contributed by atoms with E-state index in [1.807, 2.05) is 31.2 Å². The Morgan fingerprint density at radius 1 is 1.31 bits per heavy atom. The number of carbonyl (C=O) groups excluding carboxylic acids is 1. The van der Waals surface area contributed by atoms with Crippen LogP contribution in [0.25, 0.3) is 0 Å². The van der Waals surface area contributed by atoms with E-state index in [1.54, 1.807) is 11.8 Å². The number of ether oxygens (including phenoxy) is 1. The summed E-state index contributed by atoms with van der Waals surface area (Å²) in [5.41, 5.74) is 0.729. The van der Waals surface area contributed by atoms with Crippen LogP contribution in [0.4, 0.5) is 5.69 Å². The van der Waals surface area contributed by atoms with Gasteiger partial charge in [-0.25, -0.2) is 0 Å². The molecule has 1 amide bonds. The number of benzene rings is 1. The van der Waals surface area contributed by atoms with Crippen molar-refractivity contribution in [2.75, 3.05) is 37.8 Å². The van der Waals surface area contributed by atoms with Crippen molar-refractivity contribution >= 4 is 53.3 Å². The highest BCUT2D eigenvalue weighted by molar-refractivity contribution is 14.0. The Labute approximate surface area is 178 Å². The van der Waals surface area contributed by atoms with Crippen molar-refractivity contribution in [3.8, 4) is 5.75 Å². The summed E-state index contributed by atoms with van der Waals surface area (Å²) in [6.45, 7) is 10.6. The lowest BCUT2D eigenvalue weighted by Crippen LogP contribution is -2.40. The van der Waals surface area contributed by atoms with Crippen molar-refractivity contribution < 1.29 is 9.53 Å². The molecule has 148 valence electrons. The number of nitrogens with zero attached hydrogens (tertiary/aromatic N) is 1. The summed E-state index contributed by atoms with van der Waals surface area (Å²) in [4.78, 5) is 15.7. The highest BCUT2D eigenvalue weighted by Crippen LogP contribution is 2.21. The standard InChI is InChI=1S/C18H30N4O2S.HI/c1-6-19-17(21-13-18(3,4)25-5)20-10-11-24-16-9-7-8-15(12-16)22-14(2)23;/h7-9,12H,6,10-11,13H2,1-5H3,(H,22,23)(H2,19,20,21);1H. The Hall–Kier alpha value is -1.16. The first-order valence-corrected chi connectivity index (χ1v) is 9.66. The van der Waals surface area contributed by atoms with Crippen LogP contribution in [0.3, 0.4) is 0 Å². The number of thioether (sulfide) groups is 1. The van der Waals surface area contributed by atoms with Gasteiger partial charge >= 0.3 is 0 Å². The normalized spacial score (nSPS) is 11.3. The third-order valence-corrected chi connectivity index (χ3v) is 4.57. The molecule has 0 saturated heterocycles. The Balaban J connectivity index is 0.00000625. The van der Waals surface area contributed by atoms with E-state index in [0.717, 1.165) is 30.5 Å². The number of guanidine groups is 1. The quantitative estimate of drug-likeness (QED) is 0.213. The van der Waals surface area contributed by atoms with Crippen molar-refractivity contribution in [1.82, 2.24) is 10.6 Å². The van der Waals surface area contributed by atoms with Crippen LogP contribution in [0.15, 0.2) is 29.3 Å². The average molecular weight is 494 g/mol. The first kappa shape index (κ1) is 24.8. The minimum atomic E-state index is -0.0986. The minimum Gasteiger partial charge on any atom is -0.492 e. The zero-order chi connectivity index (χ0) is 18.7. The minimum absolute atomic E-state index is 0. The summed E-state index contributed by atoms with van der Waals surface area (Å²) in [5.74, 6) is 1.41. The summed E-state index contributed by atoms with van der Waals surface area (Å²) in [7, 11) is 0. The molecule has 0 aliphatic heterocycles. The summed E-state index contributed by atoms with van der Waals surface area (Å²) in [6, 6.07) is 7.35. The van der Waals surface area contributed by atoms with Gasteiger partial charge in [-0.05, 0) is 39.2 Å². The van der Waals surface area contributed by atoms with E-state index in [-0.39, 0.29) is 34.6 Å². The van der Waals surface area contributed by atoms with Crippen LogP contribution in [-0.4, -0.2) is 49.1 Å². The molecule has 0 aromatic heterocycles. The van der Waals surface area contributed by atoms with Crippen LogP contribution >= 0.6 is 35.7 Å². The van der Waals surface area contributed by atoms with Crippen LogP contribution in [0.5, 0.6) is 5.75 Å². The van der Waals surface area contributed by atoms with Crippen molar-refractivity contribution in [2.45, 2.75) is 32.4 Å². The number of rotatable bonds is 9. The van der Waals surface area contributed by atoms with Crippen molar-refractivity contribution in [3.63, 3.8) is 0 Å². The van der Waals surface area contributed by atoms with E-state index in [9.17, 15) is 4.79 Å². The van der Waals surface area contributed by atoms with Crippen molar-refractivity contribution in [2.24, 2.45) is 4.99 Å². The summed E-state index contributed by atoms with van der Waals surface area (Å²) in [5, 5.41) is 9.25. The van der Waals surface area contributed by atoms with E-state index in [1.165, 1.54) is 6.92 Å². The molecule has 1 aromatic rings. The van der Waals surface area contributed by atoms with Gasteiger partial charge in [-0.15, -0.1) is 24.0 Å². The molecule has 0 heterocycles. The Kier molecular flexibility index (Phi) is 12.5. The second-order valence-corrected chi connectivity index (χ2v) is 7.66. The molecule has 1 rings (SSSR count). The molecule has 0 aliphatic rings. The van der Waals surface area contributed by atoms with Gasteiger partial charge in [0.2, 0.25) is 5.91 Å². The van der Waals surface area contributed by atoms with Crippen LogP contribution < -0.4 is 20.7 Å². The molecule has 8 heteroatoms. The number of nitrogens with one attached hydrogen (secondary N) is 3. The highest BCUT2D eigenvalue weighted by Gasteiger charge is 2.15. The SMILES string of the molecule is CCNC(=NCC(C)(C)SC)NCCOc1cccc(NC(C)=O)c1.I. The summed E-state index contributed by atoms with van der Waals surface area (Å²) in [6.07, 6.45) is 2.10. The second-order valence-electron chi connectivity index (χ2n) is 6.14. The number of amides is 1. The second kappa shape index (κ2) is 13.1. The Morgan fingerprint density at radius 3 is 2.65 bits per heavy atom. The fraction of sp³-hybridized carbons (Fsp3) is 0.556. The molecule has 6 nitrogen and oxygen atoms in total. The lowest BCUT2D eigenvalue weighted by molar-refractivity contribution is -0.114. The molecule has 0 bridgehead atoms. The zero-order valence-corrected chi connectivity index (χ0v) is 19.4. The maximum atomic E-state index is 11.1. The van der Waals surface area contributed by atoms with Crippen LogP contribution in [-0.2, 0) is 4.79 Å². The molecule has 0 unspecified atom stereocenters. The van der Waals surface area contributed by atoms with E-state index in [0.29, 0.717) is 13.2 Å². The molecule has 0 saturated carbocycles. The van der Waals surface area contributed by atoms with E-state index in [4.69, 9.17) is 4.74 Å². The predicted octanol–water partition coefficient (Wildman–Crippen LogP) is 3.34. The van der Waals surface area contributed by atoms with Crippen LogP contribution in [0, 0.1) is 0 Å². The Bertz CT molecular complexity index is 582. The third-order valence-electron chi connectivity index (χ3n) is 3.33. The molecular formula is C18H31IN4O2S. The Morgan fingerprint density at radius 2 is 2.04 bits per heavy atom. The van der Waals surface area contributed by atoms with Gasteiger partial charge in [0.25, 0.3) is 0 Å². The summed E-state index contributed by atoms with van der Waals surface area (Å²) < 4.78 is 5.84. The zero-order valence-electron chi connectivity index (χ0n) is 16.2. The molecule has 0 fully saturated rings. The van der Waals surface area contributed by atoms with Gasteiger partial charge in [0, 0.05) is 30.0 Å². The van der Waals surface area contributed by atoms with Gasteiger partial charge < -0.3 is 20.7 Å². The fourth-order valence-electron chi connectivity index (χ4n) is 1.88. The molecule has 0 aliphatic carbocycles. The van der Waals surface area contributed by atoms with Gasteiger partial charge in [-0.1, -0.05) is 6.07 Å². The highest BCUT2D eigenvalue weighted by atomic mass is 127. The fourth-order valence-corrected chi connectivity index (χ4v) is 2.07. The smallest absolute Gasteiger partial charge is 0.221 e. The largest absolute Gasteiger partial charge is 0.492 e. The topological polar surface area (TPSA) is 74.8 Å². The molecule has 3 N–H and O–H groups in total. The van der Waals surface area contributed by atoms with Gasteiger partial charge in [-0.3, -0.25) is 9.79 Å². The van der Waals surface area contributed by atoms with Gasteiger partial charge in [-0.2, -0.15) is 11.8 Å². The number of aliphatic imine (C=N–C) groups is 1. The lowest BCUT2D eigenvalue weighted by atomic mass is 10.2. The van der Waals surface area contributed by atoms with Crippen LogP contribution in [0.1, 0.15) is 27.7 Å². The van der Waals surface area contributed by atoms with Crippen molar-refractivity contribution in [3.05, 3.63) is 24.3 Å².